The summed E-state index contributed by atoms with van der Waals surface area (Å²) in [6.45, 7) is 0.291. The number of rotatable bonds is 6. The van der Waals surface area contributed by atoms with Crippen molar-refractivity contribution in [3.05, 3.63) is 39.9 Å². The van der Waals surface area contributed by atoms with Crippen LogP contribution in [-0.2, 0) is 9.47 Å². The topological polar surface area (TPSA) is 74.0 Å². The van der Waals surface area contributed by atoms with Crippen LogP contribution in [-0.4, -0.2) is 38.2 Å². The molecule has 0 aromatic heterocycles. The Labute approximate surface area is 99.0 Å². The van der Waals surface area contributed by atoms with Crippen LogP contribution in [0, 0.1) is 10.1 Å². The molecule has 0 atom stereocenters. The standard InChI is InChI=1S/C11H14N2O4/c1-16-11(17-2)8-12-7-9-5-3-4-6-10(9)13(14)15/h3-7,11H,8H2,1-2H3. The van der Waals surface area contributed by atoms with Crippen LogP contribution in [0.4, 0.5) is 5.69 Å². The van der Waals surface area contributed by atoms with Crippen LogP contribution in [0.1, 0.15) is 5.56 Å². The van der Waals surface area contributed by atoms with Crippen LogP contribution < -0.4 is 0 Å². The number of nitro benzene ring substituents is 1. The fraction of sp³-hybridized carbons (Fsp3) is 0.364. The summed E-state index contributed by atoms with van der Waals surface area (Å²) in [6.07, 6.45) is 1.01. The predicted octanol–water partition coefficient (Wildman–Crippen LogP) is 1.63. The molecule has 0 aliphatic heterocycles. The molecule has 0 saturated carbocycles. The van der Waals surface area contributed by atoms with Gasteiger partial charge >= 0.3 is 0 Å². The van der Waals surface area contributed by atoms with Gasteiger partial charge in [0.1, 0.15) is 0 Å². The number of nitrogens with zero attached hydrogens (tertiary/aromatic N) is 2. The maximum Gasteiger partial charge on any atom is 0.278 e. The van der Waals surface area contributed by atoms with Crippen molar-refractivity contribution in [1.29, 1.82) is 0 Å². The van der Waals surface area contributed by atoms with Crippen molar-refractivity contribution in [1.82, 2.24) is 0 Å². The molecular formula is C11H14N2O4. The highest BCUT2D eigenvalue weighted by molar-refractivity contribution is 5.85. The molecule has 0 radical (unpaired) electrons. The Morgan fingerprint density at radius 2 is 2.06 bits per heavy atom. The molecule has 0 amide bonds. The van der Waals surface area contributed by atoms with Gasteiger partial charge < -0.3 is 9.47 Å². The van der Waals surface area contributed by atoms with E-state index in [2.05, 4.69) is 4.99 Å². The normalized spacial score (nSPS) is 11.2. The van der Waals surface area contributed by atoms with E-state index in [1.165, 1.54) is 26.5 Å². The molecule has 6 heteroatoms. The zero-order chi connectivity index (χ0) is 12.7. The van der Waals surface area contributed by atoms with Gasteiger partial charge in [-0.3, -0.25) is 15.1 Å². The summed E-state index contributed by atoms with van der Waals surface area (Å²) in [7, 11) is 3.02. The third kappa shape index (κ3) is 3.93. The Balaban J connectivity index is 2.74. The molecule has 17 heavy (non-hydrogen) atoms. The summed E-state index contributed by atoms with van der Waals surface area (Å²) in [5, 5.41) is 10.7. The highest BCUT2D eigenvalue weighted by Crippen LogP contribution is 2.15. The summed E-state index contributed by atoms with van der Waals surface area (Å²) in [5.74, 6) is 0. The van der Waals surface area contributed by atoms with E-state index in [-0.39, 0.29) is 5.69 Å². The van der Waals surface area contributed by atoms with E-state index in [0.717, 1.165) is 0 Å². The van der Waals surface area contributed by atoms with Crippen molar-refractivity contribution in [3.8, 4) is 0 Å². The third-order valence-corrected chi connectivity index (χ3v) is 2.14. The number of hydrogen-bond acceptors (Lipinski definition) is 5. The molecule has 0 aliphatic carbocycles. The van der Waals surface area contributed by atoms with Gasteiger partial charge in [0.15, 0.2) is 6.29 Å². The largest absolute Gasteiger partial charge is 0.354 e. The second-order valence-corrected chi connectivity index (χ2v) is 3.21. The SMILES string of the molecule is COC(CN=Cc1ccccc1[N+](=O)[O-])OC. The van der Waals surface area contributed by atoms with Crippen LogP contribution in [0.2, 0.25) is 0 Å². The molecule has 0 unspecified atom stereocenters. The second-order valence-electron chi connectivity index (χ2n) is 3.21. The number of para-hydroxylation sites is 1. The Hall–Kier alpha value is -1.79. The molecule has 1 aromatic rings. The molecule has 0 heterocycles. The smallest absolute Gasteiger partial charge is 0.278 e. The van der Waals surface area contributed by atoms with E-state index in [9.17, 15) is 10.1 Å². The number of hydrogen-bond donors (Lipinski definition) is 0. The Morgan fingerprint density at radius 1 is 1.41 bits per heavy atom. The quantitative estimate of drug-likeness (QED) is 0.327. The van der Waals surface area contributed by atoms with Crippen molar-refractivity contribution in [2.75, 3.05) is 20.8 Å². The third-order valence-electron chi connectivity index (χ3n) is 2.14. The first-order valence-electron chi connectivity index (χ1n) is 4.98. The van der Waals surface area contributed by atoms with Crippen molar-refractivity contribution < 1.29 is 14.4 Å². The van der Waals surface area contributed by atoms with Gasteiger partial charge in [-0.2, -0.15) is 0 Å². The lowest BCUT2D eigenvalue weighted by molar-refractivity contribution is -0.385. The number of aliphatic imine (C=N–C) groups is 1. The van der Waals surface area contributed by atoms with Gasteiger partial charge in [-0.25, -0.2) is 0 Å². The minimum Gasteiger partial charge on any atom is -0.354 e. The summed E-state index contributed by atoms with van der Waals surface area (Å²) in [4.78, 5) is 14.3. The van der Waals surface area contributed by atoms with Crippen LogP contribution in [0.3, 0.4) is 0 Å². The lowest BCUT2D eigenvalue weighted by atomic mass is 10.2. The predicted molar refractivity (Wildman–Crippen MR) is 63.4 cm³/mol. The summed E-state index contributed by atoms with van der Waals surface area (Å²) < 4.78 is 9.89. The average Bonchev–Trinajstić information content (AvgIpc) is 2.35. The summed E-state index contributed by atoms with van der Waals surface area (Å²) in [6, 6.07) is 6.41. The highest BCUT2D eigenvalue weighted by Gasteiger charge is 2.10. The number of nitro groups is 1. The molecule has 0 aliphatic rings. The lowest BCUT2D eigenvalue weighted by Crippen LogP contribution is -2.16. The minimum absolute atomic E-state index is 0.0302. The maximum atomic E-state index is 10.7. The van der Waals surface area contributed by atoms with Crippen LogP contribution in [0.25, 0.3) is 0 Å². The van der Waals surface area contributed by atoms with Crippen LogP contribution >= 0.6 is 0 Å². The van der Waals surface area contributed by atoms with E-state index in [1.807, 2.05) is 0 Å². The number of methoxy groups -OCH3 is 2. The maximum absolute atomic E-state index is 10.7. The fourth-order valence-electron chi connectivity index (χ4n) is 1.25. The van der Waals surface area contributed by atoms with Gasteiger partial charge in [0.05, 0.1) is 17.0 Å². The Morgan fingerprint density at radius 3 is 2.65 bits per heavy atom. The molecule has 92 valence electrons. The van der Waals surface area contributed by atoms with E-state index < -0.39 is 11.2 Å². The molecule has 0 N–H and O–H groups in total. The lowest BCUT2D eigenvalue weighted by Gasteiger charge is -2.09. The first kappa shape index (κ1) is 13.3. The molecule has 0 saturated heterocycles. The second kappa shape index (κ2) is 6.72. The zero-order valence-corrected chi connectivity index (χ0v) is 9.70. The van der Waals surface area contributed by atoms with Gasteiger partial charge in [0.25, 0.3) is 5.69 Å². The van der Waals surface area contributed by atoms with Crippen molar-refractivity contribution in [3.63, 3.8) is 0 Å². The first-order chi connectivity index (χ1) is 8.19. The van der Waals surface area contributed by atoms with Crippen LogP contribution in [0.15, 0.2) is 29.3 Å². The molecule has 0 spiro atoms. The van der Waals surface area contributed by atoms with Gasteiger partial charge in [-0.15, -0.1) is 0 Å². The van der Waals surface area contributed by atoms with E-state index in [0.29, 0.717) is 12.1 Å². The molecule has 0 bridgehead atoms. The Bertz CT molecular complexity index is 402. The van der Waals surface area contributed by atoms with Crippen LogP contribution in [0.5, 0.6) is 0 Å². The number of benzene rings is 1. The minimum atomic E-state index is -0.439. The fourth-order valence-corrected chi connectivity index (χ4v) is 1.25. The molecule has 1 rings (SSSR count). The summed E-state index contributed by atoms with van der Waals surface area (Å²) >= 11 is 0. The van der Waals surface area contributed by atoms with Gasteiger partial charge in [0.2, 0.25) is 0 Å². The van der Waals surface area contributed by atoms with Crippen molar-refractivity contribution >= 4 is 11.9 Å². The van der Waals surface area contributed by atoms with E-state index in [4.69, 9.17) is 9.47 Å². The monoisotopic (exact) mass is 238 g/mol. The zero-order valence-electron chi connectivity index (χ0n) is 9.70. The average molecular weight is 238 g/mol. The van der Waals surface area contributed by atoms with E-state index >= 15 is 0 Å². The molecule has 6 nitrogen and oxygen atoms in total. The number of ether oxygens (including phenoxy) is 2. The van der Waals surface area contributed by atoms with Gasteiger partial charge in [-0.1, -0.05) is 12.1 Å². The van der Waals surface area contributed by atoms with Crippen molar-refractivity contribution in [2.45, 2.75) is 6.29 Å². The molecule has 0 fully saturated rings. The summed E-state index contributed by atoms with van der Waals surface area (Å²) in [5.41, 5.74) is 0.492. The Kier molecular flexibility index (Phi) is 5.25. The molecule has 1 aromatic carbocycles. The highest BCUT2D eigenvalue weighted by atomic mass is 16.7. The van der Waals surface area contributed by atoms with E-state index in [1.54, 1.807) is 18.2 Å². The van der Waals surface area contributed by atoms with Gasteiger partial charge in [0, 0.05) is 26.5 Å². The van der Waals surface area contributed by atoms with Crippen molar-refractivity contribution in [2.24, 2.45) is 4.99 Å². The van der Waals surface area contributed by atoms with Gasteiger partial charge in [-0.05, 0) is 6.07 Å². The molecular weight excluding hydrogens is 224 g/mol. The first-order valence-corrected chi connectivity index (χ1v) is 4.98.